The van der Waals surface area contributed by atoms with E-state index in [1.165, 1.54) is 38.5 Å². The highest BCUT2D eigenvalue weighted by Crippen LogP contribution is 2.45. The van der Waals surface area contributed by atoms with Crippen molar-refractivity contribution in [2.75, 3.05) is 19.7 Å². The number of aryl methyl sites for hydroxylation is 1. The molecule has 3 aromatic rings. The Morgan fingerprint density at radius 2 is 2.00 bits per heavy atom. The van der Waals surface area contributed by atoms with Crippen molar-refractivity contribution in [2.24, 2.45) is 5.41 Å². The van der Waals surface area contributed by atoms with Gasteiger partial charge in [0.15, 0.2) is 5.82 Å². The number of H-pyrrole nitrogens is 1. The Bertz CT molecular complexity index is 1230. The van der Waals surface area contributed by atoms with Gasteiger partial charge in [-0.1, -0.05) is 31.4 Å². The van der Waals surface area contributed by atoms with Crippen LogP contribution in [0.5, 0.6) is 0 Å². The second kappa shape index (κ2) is 9.47. The van der Waals surface area contributed by atoms with Gasteiger partial charge in [0.2, 0.25) is 0 Å². The number of piperidine rings is 1. The van der Waals surface area contributed by atoms with Gasteiger partial charge >= 0.3 is 0 Å². The average Bonchev–Trinajstić information content (AvgIpc) is 3.53. The highest BCUT2D eigenvalue weighted by atomic mass is 16.5. The summed E-state index contributed by atoms with van der Waals surface area (Å²) in [5.74, 6) is 0.755. The van der Waals surface area contributed by atoms with E-state index in [1.807, 2.05) is 17.7 Å². The highest BCUT2D eigenvalue weighted by Gasteiger charge is 2.41. The molecule has 1 aliphatic carbocycles. The first-order chi connectivity index (χ1) is 17.1. The SMILES string of the molecule is Cc1ccc2cc([C@H](c3nnnn3C[C@@H]3CCCO3)N3CCCC4(CCCCC4)C3)c(=O)[nH]c2c1. The van der Waals surface area contributed by atoms with E-state index in [0.29, 0.717) is 12.0 Å². The fourth-order valence-electron chi connectivity index (χ4n) is 6.73. The van der Waals surface area contributed by atoms with Crippen molar-refractivity contribution in [2.45, 2.75) is 83.4 Å². The summed E-state index contributed by atoms with van der Waals surface area (Å²) in [4.78, 5) is 19.2. The van der Waals surface area contributed by atoms with Gasteiger partial charge in [-0.15, -0.1) is 5.10 Å². The number of ether oxygens (including phenoxy) is 1. The van der Waals surface area contributed by atoms with E-state index in [1.54, 1.807) is 0 Å². The van der Waals surface area contributed by atoms with Gasteiger partial charge in [-0.25, -0.2) is 4.68 Å². The first-order valence-electron chi connectivity index (χ1n) is 13.4. The molecule has 3 fully saturated rings. The van der Waals surface area contributed by atoms with Gasteiger partial charge in [-0.05, 0) is 90.9 Å². The lowest BCUT2D eigenvalue weighted by Crippen LogP contribution is -2.47. The average molecular weight is 477 g/mol. The molecule has 4 heterocycles. The van der Waals surface area contributed by atoms with E-state index in [4.69, 9.17) is 4.74 Å². The van der Waals surface area contributed by atoms with E-state index < -0.39 is 0 Å². The van der Waals surface area contributed by atoms with E-state index in [0.717, 1.165) is 66.8 Å². The summed E-state index contributed by atoms with van der Waals surface area (Å²) in [5, 5.41) is 14.0. The van der Waals surface area contributed by atoms with Crippen molar-refractivity contribution in [3.05, 3.63) is 51.6 Å². The van der Waals surface area contributed by atoms with E-state index in [2.05, 4.69) is 43.6 Å². The number of likely N-dealkylation sites (tertiary alicyclic amines) is 1. The van der Waals surface area contributed by atoms with Crippen LogP contribution in [0.1, 0.15) is 80.8 Å². The highest BCUT2D eigenvalue weighted by molar-refractivity contribution is 5.79. The number of pyridine rings is 1. The van der Waals surface area contributed by atoms with Gasteiger partial charge in [0.1, 0.15) is 6.04 Å². The van der Waals surface area contributed by atoms with Crippen LogP contribution in [0.2, 0.25) is 0 Å². The number of hydrogen-bond donors (Lipinski definition) is 1. The summed E-state index contributed by atoms with van der Waals surface area (Å²) in [7, 11) is 0. The summed E-state index contributed by atoms with van der Waals surface area (Å²) < 4.78 is 7.79. The Balaban J connectivity index is 1.43. The topological polar surface area (TPSA) is 88.9 Å². The molecule has 0 amide bonds. The van der Waals surface area contributed by atoms with Gasteiger partial charge < -0.3 is 9.72 Å². The number of nitrogens with one attached hydrogen (secondary N) is 1. The normalized spacial score (nSPS) is 23.7. The Labute approximate surface area is 206 Å². The molecule has 35 heavy (non-hydrogen) atoms. The summed E-state index contributed by atoms with van der Waals surface area (Å²) in [6.07, 6.45) is 11.2. The number of benzene rings is 1. The van der Waals surface area contributed by atoms with Crippen molar-refractivity contribution in [3.8, 4) is 0 Å². The standard InChI is InChI=1S/C27H36N6O2/c1-19-8-9-20-16-22(26(34)28-23(20)15-19)24(25-29-30-31-33(25)17-21-7-5-14-35-21)32-13-6-12-27(18-32)10-3-2-4-11-27/h8-9,15-16,21,24H,2-7,10-14,17-18H2,1H3,(H,28,34)/t21-,24+/m0/s1. The summed E-state index contributed by atoms with van der Waals surface area (Å²) in [6.45, 7) is 5.41. The number of aromatic amines is 1. The second-order valence-corrected chi connectivity index (χ2v) is 11.0. The van der Waals surface area contributed by atoms with Crippen LogP contribution in [0.15, 0.2) is 29.1 Å². The molecule has 2 saturated heterocycles. The van der Waals surface area contributed by atoms with Crippen LogP contribution in [-0.2, 0) is 11.3 Å². The molecule has 186 valence electrons. The minimum absolute atomic E-state index is 0.0527. The number of hydrogen-bond acceptors (Lipinski definition) is 6. The van der Waals surface area contributed by atoms with Gasteiger partial charge in [0.05, 0.1) is 12.6 Å². The lowest BCUT2D eigenvalue weighted by atomic mass is 9.69. The molecule has 2 aliphatic heterocycles. The van der Waals surface area contributed by atoms with Gasteiger partial charge in [-0.3, -0.25) is 9.69 Å². The molecular weight excluding hydrogens is 440 g/mol. The maximum absolute atomic E-state index is 13.6. The molecule has 0 radical (unpaired) electrons. The predicted octanol–water partition coefficient (Wildman–Crippen LogP) is 4.14. The fraction of sp³-hybridized carbons (Fsp3) is 0.630. The van der Waals surface area contributed by atoms with Crippen LogP contribution < -0.4 is 5.56 Å². The number of fused-ring (bicyclic) bond motifs is 1. The Morgan fingerprint density at radius 3 is 2.83 bits per heavy atom. The van der Waals surface area contributed by atoms with Crippen LogP contribution in [0.4, 0.5) is 0 Å². The molecule has 8 heteroatoms. The maximum Gasteiger partial charge on any atom is 0.253 e. The lowest BCUT2D eigenvalue weighted by Gasteiger charge is -2.47. The number of tetrazole rings is 1. The minimum Gasteiger partial charge on any atom is -0.376 e. The van der Waals surface area contributed by atoms with E-state index in [9.17, 15) is 4.79 Å². The van der Waals surface area contributed by atoms with E-state index in [-0.39, 0.29) is 17.7 Å². The summed E-state index contributed by atoms with van der Waals surface area (Å²) >= 11 is 0. The molecule has 1 spiro atoms. The number of aromatic nitrogens is 5. The van der Waals surface area contributed by atoms with Crippen LogP contribution in [-0.4, -0.2) is 55.9 Å². The zero-order valence-electron chi connectivity index (χ0n) is 20.7. The molecule has 6 rings (SSSR count). The molecule has 0 unspecified atom stereocenters. The summed E-state index contributed by atoms with van der Waals surface area (Å²) in [5.41, 5.74) is 3.04. The predicted molar refractivity (Wildman–Crippen MR) is 134 cm³/mol. The quantitative estimate of drug-likeness (QED) is 0.595. The molecule has 2 aromatic heterocycles. The zero-order valence-corrected chi connectivity index (χ0v) is 20.7. The third-order valence-corrected chi connectivity index (χ3v) is 8.50. The third-order valence-electron chi connectivity index (χ3n) is 8.50. The third kappa shape index (κ3) is 4.54. The molecule has 3 aliphatic rings. The monoisotopic (exact) mass is 476 g/mol. The Morgan fingerprint density at radius 1 is 1.14 bits per heavy atom. The van der Waals surface area contributed by atoms with Gasteiger partial charge in [0.25, 0.3) is 5.56 Å². The molecular formula is C27H36N6O2. The Kier molecular flexibility index (Phi) is 6.18. The van der Waals surface area contributed by atoms with Crippen molar-refractivity contribution < 1.29 is 4.74 Å². The maximum atomic E-state index is 13.6. The molecule has 0 bridgehead atoms. The number of nitrogens with zero attached hydrogens (tertiary/aromatic N) is 5. The first-order valence-corrected chi connectivity index (χ1v) is 13.4. The van der Waals surface area contributed by atoms with Crippen molar-refractivity contribution >= 4 is 10.9 Å². The number of rotatable bonds is 5. The summed E-state index contributed by atoms with van der Waals surface area (Å²) in [6, 6.07) is 8.01. The molecule has 1 N–H and O–H groups in total. The molecule has 1 saturated carbocycles. The first kappa shape index (κ1) is 22.9. The van der Waals surface area contributed by atoms with Gasteiger partial charge in [0, 0.05) is 24.2 Å². The molecule has 8 nitrogen and oxygen atoms in total. The molecule has 1 aromatic carbocycles. The smallest absolute Gasteiger partial charge is 0.253 e. The lowest BCUT2D eigenvalue weighted by molar-refractivity contribution is 0.0326. The van der Waals surface area contributed by atoms with Crippen molar-refractivity contribution in [3.63, 3.8) is 0 Å². The van der Waals surface area contributed by atoms with Crippen LogP contribution >= 0.6 is 0 Å². The van der Waals surface area contributed by atoms with Crippen LogP contribution in [0.3, 0.4) is 0 Å². The fourth-order valence-corrected chi connectivity index (χ4v) is 6.73. The van der Waals surface area contributed by atoms with Crippen molar-refractivity contribution in [1.29, 1.82) is 0 Å². The van der Waals surface area contributed by atoms with Crippen molar-refractivity contribution in [1.82, 2.24) is 30.1 Å². The van der Waals surface area contributed by atoms with E-state index >= 15 is 0 Å². The zero-order chi connectivity index (χ0) is 23.8. The minimum atomic E-state index is -0.278. The Hall–Kier alpha value is -2.58. The van der Waals surface area contributed by atoms with Crippen LogP contribution in [0, 0.1) is 12.3 Å². The second-order valence-electron chi connectivity index (χ2n) is 11.0. The van der Waals surface area contributed by atoms with Crippen LogP contribution in [0.25, 0.3) is 10.9 Å². The van der Waals surface area contributed by atoms with Gasteiger partial charge in [-0.2, -0.15) is 0 Å². The molecule has 2 atom stereocenters. The largest absolute Gasteiger partial charge is 0.376 e.